The van der Waals surface area contributed by atoms with Crippen LogP contribution in [0.2, 0.25) is 5.02 Å². The predicted molar refractivity (Wildman–Crippen MR) is 92.3 cm³/mol. The fourth-order valence-electron chi connectivity index (χ4n) is 2.45. The van der Waals surface area contributed by atoms with Crippen LogP contribution in [-0.2, 0) is 10.0 Å². The van der Waals surface area contributed by atoms with Gasteiger partial charge in [-0.25, -0.2) is 13.6 Å². The molecule has 0 radical (unpaired) electrons. The molecule has 0 aromatic heterocycles. The van der Waals surface area contributed by atoms with Gasteiger partial charge >= 0.3 is 0 Å². The minimum absolute atomic E-state index is 0.0317. The van der Waals surface area contributed by atoms with Crippen molar-refractivity contribution < 1.29 is 8.42 Å². The molecule has 0 saturated carbocycles. The van der Waals surface area contributed by atoms with Gasteiger partial charge in [-0.05, 0) is 42.0 Å². The van der Waals surface area contributed by atoms with Crippen molar-refractivity contribution in [3.63, 3.8) is 0 Å². The zero-order chi connectivity index (χ0) is 17.3. The molecule has 0 spiro atoms. The molecule has 0 bridgehead atoms. The van der Waals surface area contributed by atoms with Crippen LogP contribution in [0.15, 0.2) is 58.5 Å². The van der Waals surface area contributed by atoms with Crippen molar-refractivity contribution in [2.45, 2.75) is 4.90 Å². The zero-order valence-electron chi connectivity index (χ0n) is 12.4. The van der Waals surface area contributed by atoms with Crippen LogP contribution in [0.3, 0.4) is 0 Å². The topological polar surface area (TPSA) is 99.5 Å². The first kappa shape index (κ1) is 16.5. The average molecular weight is 361 g/mol. The molecule has 6 nitrogen and oxygen atoms in total. The van der Waals surface area contributed by atoms with E-state index in [1.54, 1.807) is 29.3 Å². The van der Waals surface area contributed by atoms with Crippen LogP contribution in [0.25, 0.3) is 0 Å². The van der Waals surface area contributed by atoms with E-state index in [0.717, 1.165) is 5.56 Å². The zero-order valence-corrected chi connectivity index (χ0v) is 14.0. The van der Waals surface area contributed by atoms with Crippen LogP contribution in [-0.4, -0.2) is 20.7 Å². The molecule has 24 heavy (non-hydrogen) atoms. The highest BCUT2D eigenvalue weighted by Crippen LogP contribution is 2.26. The number of nitrogens with zero attached hydrogens (tertiary/aromatic N) is 3. The molecule has 3 rings (SSSR count). The van der Waals surface area contributed by atoms with Gasteiger partial charge in [0.05, 0.1) is 28.9 Å². The normalized spacial score (nSPS) is 17.5. The van der Waals surface area contributed by atoms with Crippen molar-refractivity contribution in [3.05, 3.63) is 59.1 Å². The van der Waals surface area contributed by atoms with Gasteiger partial charge in [-0.3, -0.25) is 5.01 Å². The highest BCUT2D eigenvalue weighted by atomic mass is 35.5. The Balaban J connectivity index is 1.93. The Morgan fingerprint density at radius 1 is 1.17 bits per heavy atom. The Morgan fingerprint density at radius 3 is 2.33 bits per heavy atom. The molecular weight excluding hydrogens is 348 g/mol. The average Bonchev–Trinajstić information content (AvgIpc) is 2.99. The summed E-state index contributed by atoms with van der Waals surface area (Å²) in [4.78, 5) is 0.0317. The Morgan fingerprint density at radius 2 is 1.79 bits per heavy atom. The second kappa shape index (κ2) is 6.24. The van der Waals surface area contributed by atoms with E-state index in [-0.39, 0.29) is 10.8 Å². The van der Waals surface area contributed by atoms with Crippen LogP contribution < -0.4 is 10.1 Å². The fourth-order valence-corrected chi connectivity index (χ4v) is 3.09. The van der Waals surface area contributed by atoms with Crippen LogP contribution in [0, 0.1) is 17.2 Å². The number of hydrogen-bond donors (Lipinski definition) is 1. The van der Waals surface area contributed by atoms with Crippen molar-refractivity contribution in [1.82, 2.24) is 0 Å². The molecule has 0 unspecified atom stereocenters. The maximum absolute atomic E-state index is 11.3. The smallest absolute Gasteiger partial charge is 0.238 e. The SMILES string of the molecule is N#C[C@H]1CN(c2ccc(S(N)(=O)=O)cc2)N=C1c1ccc(Cl)cc1. The number of hydrazone groups is 1. The van der Waals surface area contributed by atoms with Gasteiger partial charge in [-0.2, -0.15) is 10.4 Å². The molecule has 2 aromatic rings. The van der Waals surface area contributed by atoms with E-state index in [1.807, 2.05) is 12.1 Å². The maximum Gasteiger partial charge on any atom is 0.238 e. The summed E-state index contributed by atoms with van der Waals surface area (Å²) < 4.78 is 22.6. The monoisotopic (exact) mass is 360 g/mol. The van der Waals surface area contributed by atoms with Crippen LogP contribution in [0.5, 0.6) is 0 Å². The van der Waals surface area contributed by atoms with Gasteiger partial charge in [0.25, 0.3) is 0 Å². The number of halogens is 1. The quantitative estimate of drug-likeness (QED) is 0.907. The lowest BCUT2D eigenvalue weighted by atomic mass is 9.99. The Bertz CT molecular complexity index is 932. The van der Waals surface area contributed by atoms with Crippen molar-refractivity contribution in [2.24, 2.45) is 16.2 Å². The van der Waals surface area contributed by atoms with Crippen LogP contribution in [0.1, 0.15) is 5.56 Å². The second-order valence-corrected chi connectivity index (χ2v) is 7.29. The minimum atomic E-state index is -3.74. The number of benzene rings is 2. The molecule has 2 aromatic carbocycles. The molecule has 0 fully saturated rings. The molecule has 2 N–H and O–H groups in total. The van der Waals surface area contributed by atoms with Crippen molar-refractivity contribution in [3.8, 4) is 6.07 Å². The van der Waals surface area contributed by atoms with Gasteiger partial charge in [0, 0.05) is 5.02 Å². The first-order chi connectivity index (χ1) is 11.4. The standard InChI is InChI=1S/C16H13ClN4O2S/c17-13-3-1-11(2-4-13)16-12(9-18)10-21(20-16)14-5-7-15(8-6-14)24(19,22)23/h1-8,12H,10H2,(H2,19,22,23)/t12-/m0/s1. The van der Waals surface area contributed by atoms with E-state index < -0.39 is 10.0 Å². The summed E-state index contributed by atoms with van der Waals surface area (Å²) in [6.07, 6.45) is 0. The molecular formula is C16H13ClN4O2S. The second-order valence-electron chi connectivity index (χ2n) is 5.29. The fraction of sp³-hybridized carbons (Fsp3) is 0.125. The summed E-state index contributed by atoms with van der Waals surface area (Å²) in [6, 6.07) is 15.4. The minimum Gasteiger partial charge on any atom is -0.263 e. The molecule has 1 atom stereocenters. The van der Waals surface area contributed by atoms with Gasteiger partial charge in [-0.1, -0.05) is 23.7 Å². The Hall–Kier alpha value is -2.40. The molecule has 122 valence electrons. The molecule has 1 heterocycles. The third-order valence-electron chi connectivity index (χ3n) is 3.67. The Kier molecular flexibility index (Phi) is 4.28. The summed E-state index contributed by atoms with van der Waals surface area (Å²) in [5.41, 5.74) is 2.17. The molecule has 0 saturated heterocycles. The molecule has 0 aliphatic carbocycles. The summed E-state index contributed by atoms with van der Waals surface area (Å²) >= 11 is 5.89. The van der Waals surface area contributed by atoms with E-state index >= 15 is 0 Å². The lowest BCUT2D eigenvalue weighted by molar-refractivity contribution is 0.598. The largest absolute Gasteiger partial charge is 0.263 e. The number of anilines is 1. The summed E-state index contributed by atoms with van der Waals surface area (Å²) in [5.74, 6) is -0.385. The van der Waals surface area contributed by atoms with Crippen molar-refractivity contribution >= 4 is 33.0 Å². The molecule has 8 heteroatoms. The van der Waals surface area contributed by atoms with E-state index in [4.69, 9.17) is 16.7 Å². The maximum atomic E-state index is 11.3. The third-order valence-corrected chi connectivity index (χ3v) is 4.85. The van der Waals surface area contributed by atoms with Gasteiger partial charge in [0.15, 0.2) is 0 Å². The first-order valence-corrected chi connectivity index (χ1v) is 8.95. The van der Waals surface area contributed by atoms with E-state index in [1.165, 1.54) is 12.1 Å². The van der Waals surface area contributed by atoms with Gasteiger partial charge in [0.1, 0.15) is 5.92 Å². The number of hydrogen-bond acceptors (Lipinski definition) is 5. The summed E-state index contributed by atoms with van der Waals surface area (Å²) in [5, 5.41) is 21.3. The lowest BCUT2D eigenvalue weighted by Crippen LogP contribution is -2.18. The number of nitriles is 1. The number of primary sulfonamides is 1. The predicted octanol–water partition coefficient (Wildman–Crippen LogP) is 2.35. The van der Waals surface area contributed by atoms with Crippen molar-refractivity contribution in [1.29, 1.82) is 5.26 Å². The number of sulfonamides is 1. The highest BCUT2D eigenvalue weighted by Gasteiger charge is 2.28. The van der Waals surface area contributed by atoms with E-state index in [9.17, 15) is 13.7 Å². The van der Waals surface area contributed by atoms with E-state index in [2.05, 4.69) is 11.2 Å². The third kappa shape index (κ3) is 3.26. The number of nitrogens with two attached hydrogens (primary N) is 1. The molecule has 0 amide bonds. The summed E-state index contributed by atoms with van der Waals surface area (Å²) in [7, 11) is -3.74. The van der Waals surface area contributed by atoms with Gasteiger partial charge in [-0.15, -0.1) is 0 Å². The van der Waals surface area contributed by atoms with E-state index in [0.29, 0.717) is 23.0 Å². The molecule has 1 aliphatic rings. The van der Waals surface area contributed by atoms with Gasteiger partial charge < -0.3 is 0 Å². The number of rotatable bonds is 3. The summed E-state index contributed by atoms with van der Waals surface area (Å²) in [6.45, 7) is 0.392. The van der Waals surface area contributed by atoms with Gasteiger partial charge in [0.2, 0.25) is 10.0 Å². The lowest BCUT2D eigenvalue weighted by Gasteiger charge is -2.14. The van der Waals surface area contributed by atoms with Crippen LogP contribution >= 0.6 is 11.6 Å². The first-order valence-electron chi connectivity index (χ1n) is 7.03. The Labute approximate surface area is 144 Å². The van der Waals surface area contributed by atoms with Crippen molar-refractivity contribution in [2.75, 3.05) is 11.6 Å². The highest BCUT2D eigenvalue weighted by molar-refractivity contribution is 7.89. The molecule has 1 aliphatic heterocycles. The van der Waals surface area contributed by atoms with Crippen LogP contribution in [0.4, 0.5) is 5.69 Å².